The molecule has 1 fully saturated rings. The third kappa shape index (κ3) is 3.59. The van der Waals surface area contributed by atoms with Gasteiger partial charge in [-0.05, 0) is 38.4 Å². The Morgan fingerprint density at radius 2 is 1.80 bits per heavy atom. The molecule has 1 aliphatic carbocycles. The van der Waals surface area contributed by atoms with Gasteiger partial charge in [-0.15, -0.1) is 0 Å². The van der Waals surface area contributed by atoms with E-state index in [1.165, 1.54) is 6.42 Å². The third-order valence-electron chi connectivity index (χ3n) is 3.97. The second kappa shape index (κ2) is 6.24. The predicted octanol–water partition coefficient (Wildman–Crippen LogP) is 2.41. The van der Waals surface area contributed by atoms with Crippen LogP contribution in [0.25, 0.3) is 0 Å². The minimum absolute atomic E-state index is 0.302. The van der Waals surface area contributed by atoms with Crippen molar-refractivity contribution in [2.24, 2.45) is 0 Å². The average Bonchev–Trinajstić information content (AvgIpc) is 2.39. The predicted molar refractivity (Wildman–Crippen MR) is 81.0 cm³/mol. The normalized spacial score (nSPS) is 18.9. The molecule has 1 aromatic rings. The Morgan fingerprint density at radius 1 is 1.15 bits per heavy atom. The summed E-state index contributed by atoms with van der Waals surface area (Å²) in [5, 5.41) is 3.02. The molecule has 0 unspecified atom stereocenters. The molecule has 0 bridgehead atoms. The molecule has 0 amide bonds. The number of benzene rings is 1. The summed E-state index contributed by atoms with van der Waals surface area (Å²) in [7, 11) is -1.64. The van der Waals surface area contributed by atoms with Gasteiger partial charge in [0.05, 0.1) is 4.90 Å². The highest BCUT2D eigenvalue weighted by atomic mass is 32.2. The van der Waals surface area contributed by atoms with E-state index in [2.05, 4.69) is 10.0 Å². The molecule has 0 radical (unpaired) electrons. The standard InChI is InChI=1S/C15H24N2O2S/c1-15(10-6-3-7-11-15)17-20(18,19)14-9-5-4-8-13(14)12-16-2/h4-5,8-9,16-17H,3,6-7,10-12H2,1-2H3. The molecule has 1 aromatic carbocycles. The molecule has 0 aliphatic heterocycles. The average molecular weight is 296 g/mol. The van der Waals surface area contributed by atoms with Gasteiger partial charge in [-0.3, -0.25) is 0 Å². The van der Waals surface area contributed by atoms with E-state index in [4.69, 9.17) is 0 Å². The topological polar surface area (TPSA) is 58.2 Å². The van der Waals surface area contributed by atoms with Gasteiger partial charge in [0.2, 0.25) is 10.0 Å². The zero-order valence-electron chi connectivity index (χ0n) is 12.3. The SMILES string of the molecule is CNCc1ccccc1S(=O)(=O)NC1(C)CCCCC1. The summed E-state index contributed by atoms with van der Waals surface area (Å²) < 4.78 is 28.3. The Labute approximate surface area is 122 Å². The summed E-state index contributed by atoms with van der Waals surface area (Å²) in [5.41, 5.74) is 0.506. The van der Waals surface area contributed by atoms with Crippen molar-refractivity contribution >= 4 is 10.0 Å². The molecule has 4 nitrogen and oxygen atoms in total. The molecule has 0 heterocycles. The fourth-order valence-corrected chi connectivity index (χ4v) is 4.62. The van der Waals surface area contributed by atoms with Crippen molar-refractivity contribution < 1.29 is 8.42 Å². The van der Waals surface area contributed by atoms with Crippen molar-refractivity contribution in [3.63, 3.8) is 0 Å². The van der Waals surface area contributed by atoms with Crippen molar-refractivity contribution in [2.45, 2.75) is 56.0 Å². The summed E-state index contributed by atoms with van der Waals surface area (Å²) in [6.45, 7) is 2.57. The fraction of sp³-hybridized carbons (Fsp3) is 0.600. The van der Waals surface area contributed by atoms with E-state index >= 15 is 0 Å². The molecule has 2 N–H and O–H groups in total. The highest BCUT2D eigenvalue weighted by molar-refractivity contribution is 7.89. The fourth-order valence-electron chi connectivity index (χ4n) is 2.92. The lowest BCUT2D eigenvalue weighted by molar-refractivity contribution is 0.294. The molecular formula is C15H24N2O2S. The van der Waals surface area contributed by atoms with Crippen molar-refractivity contribution in [2.75, 3.05) is 7.05 Å². The van der Waals surface area contributed by atoms with E-state index in [-0.39, 0.29) is 5.54 Å². The van der Waals surface area contributed by atoms with Crippen LogP contribution in [0.2, 0.25) is 0 Å². The van der Waals surface area contributed by atoms with Gasteiger partial charge in [0.15, 0.2) is 0 Å². The first kappa shape index (κ1) is 15.5. The second-order valence-electron chi connectivity index (χ2n) is 5.86. The Bertz CT molecular complexity index is 549. The first-order valence-electron chi connectivity index (χ1n) is 7.23. The zero-order chi connectivity index (χ0) is 14.6. The maximum Gasteiger partial charge on any atom is 0.241 e. The van der Waals surface area contributed by atoms with Crippen LogP contribution in [0.5, 0.6) is 0 Å². The molecule has 0 aromatic heterocycles. The van der Waals surface area contributed by atoms with Gasteiger partial charge < -0.3 is 5.32 Å². The van der Waals surface area contributed by atoms with Gasteiger partial charge in [-0.25, -0.2) is 13.1 Å². The molecule has 0 spiro atoms. The molecule has 112 valence electrons. The van der Waals surface area contributed by atoms with Crippen LogP contribution < -0.4 is 10.0 Å². The summed E-state index contributed by atoms with van der Waals surface area (Å²) in [6.07, 6.45) is 5.23. The lowest BCUT2D eigenvalue weighted by Crippen LogP contribution is -2.47. The molecule has 1 saturated carbocycles. The van der Waals surface area contributed by atoms with Gasteiger partial charge in [0.25, 0.3) is 0 Å². The van der Waals surface area contributed by atoms with E-state index in [1.54, 1.807) is 12.1 Å². The molecule has 2 rings (SSSR count). The van der Waals surface area contributed by atoms with Crippen LogP contribution in [-0.2, 0) is 16.6 Å². The first-order chi connectivity index (χ1) is 9.47. The zero-order valence-corrected chi connectivity index (χ0v) is 13.1. The highest BCUT2D eigenvalue weighted by Gasteiger charge is 2.32. The smallest absolute Gasteiger partial charge is 0.241 e. The summed E-state index contributed by atoms with van der Waals surface area (Å²) in [4.78, 5) is 0.390. The Kier molecular flexibility index (Phi) is 4.83. The van der Waals surface area contributed by atoms with Crippen molar-refractivity contribution in [3.8, 4) is 0 Å². The Morgan fingerprint density at radius 3 is 2.45 bits per heavy atom. The molecular weight excluding hydrogens is 272 g/mol. The summed E-state index contributed by atoms with van der Waals surface area (Å²) in [6, 6.07) is 7.18. The first-order valence-corrected chi connectivity index (χ1v) is 8.72. The van der Waals surface area contributed by atoms with Gasteiger partial charge in [-0.2, -0.15) is 0 Å². The van der Waals surface area contributed by atoms with Gasteiger partial charge >= 0.3 is 0 Å². The van der Waals surface area contributed by atoms with Crippen LogP contribution in [0.1, 0.15) is 44.6 Å². The van der Waals surface area contributed by atoms with Crippen LogP contribution in [0.4, 0.5) is 0 Å². The van der Waals surface area contributed by atoms with Gasteiger partial charge in [-0.1, -0.05) is 37.5 Å². The maximum atomic E-state index is 12.7. The maximum absolute atomic E-state index is 12.7. The minimum atomic E-state index is -3.46. The molecule has 0 saturated heterocycles. The third-order valence-corrected chi connectivity index (χ3v) is 5.71. The van der Waals surface area contributed by atoms with Gasteiger partial charge in [0.1, 0.15) is 0 Å². The molecule has 1 aliphatic rings. The van der Waals surface area contributed by atoms with Crippen molar-refractivity contribution in [1.29, 1.82) is 0 Å². The Balaban J connectivity index is 2.26. The van der Waals surface area contributed by atoms with E-state index in [1.807, 2.05) is 26.1 Å². The van der Waals surface area contributed by atoms with E-state index in [9.17, 15) is 8.42 Å². The number of hydrogen-bond acceptors (Lipinski definition) is 3. The number of sulfonamides is 1. The summed E-state index contributed by atoms with van der Waals surface area (Å²) >= 11 is 0. The Hall–Kier alpha value is -0.910. The molecule has 20 heavy (non-hydrogen) atoms. The number of hydrogen-bond donors (Lipinski definition) is 2. The van der Waals surface area contributed by atoms with Gasteiger partial charge in [0, 0.05) is 12.1 Å². The summed E-state index contributed by atoms with van der Waals surface area (Å²) in [5.74, 6) is 0. The minimum Gasteiger partial charge on any atom is -0.316 e. The van der Waals surface area contributed by atoms with E-state index in [0.717, 1.165) is 31.2 Å². The quantitative estimate of drug-likeness (QED) is 0.877. The van der Waals surface area contributed by atoms with Crippen molar-refractivity contribution in [3.05, 3.63) is 29.8 Å². The lowest BCUT2D eigenvalue weighted by Gasteiger charge is -2.34. The monoisotopic (exact) mass is 296 g/mol. The largest absolute Gasteiger partial charge is 0.316 e. The van der Waals surface area contributed by atoms with Crippen LogP contribution in [0, 0.1) is 0 Å². The lowest BCUT2D eigenvalue weighted by atomic mass is 9.84. The van der Waals surface area contributed by atoms with Crippen LogP contribution in [-0.4, -0.2) is 21.0 Å². The van der Waals surface area contributed by atoms with Crippen LogP contribution in [0.3, 0.4) is 0 Å². The van der Waals surface area contributed by atoms with E-state index < -0.39 is 10.0 Å². The van der Waals surface area contributed by atoms with Crippen LogP contribution in [0.15, 0.2) is 29.2 Å². The molecule has 5 heteroatoms. The van der Waals surface area contributed by atoms with Crippen molar-refractivity contribution in [1.82, 2.24) is 10.0 Å². The number of nitrogens with one attached hydrogen (secondary N) is 2. The second-order valence-corrected chi connectivity index (χ2v) is 7.52. The highest BCUT2D eigenvalue weighted by Crippen LogP contribution is 2.29. The van der Waals surface area contributed by atoms with E-state index in [0.29, 0.717) is 11.4 Å². The number of rotatable bonds is 5. The molecule has 0 atom stereocenters. The van der Waals surface area contributed by atoms with Crippen LogP contribution >= 0.6 is 0 Å².